The highest BCUT2D eigenvalue weighted by atomic mass is 32.1. The average molecular weight is 1810 g/mol. The number of hydrogen-bond donors (Lipinski definition) is 29. The summed E-state index contributed by atoms with van der Waals surface area (Å²) in [6.07, 6.45) is -8.23. The van der Waals surface area contributed by atoms with E-state index in [1.165, 1.54) is 64.0 Å². The number of ether oxygens (including phenoxy) is 9. The van der Waals surface area contributed by atoms with Crippen molar-refractivity contribution in [1.82, 2.24) is 20.2 Å². The third-order valence-electron chi connectivity index (χ3n) is 17.7. The number of aromatic hydroxyl groups is 10. The molecule has 45 heteroatoms. The maximum Gasteiger partial charge on any atom is 0.377 e. The molecule has 2 saturated heterocycles. The Morgan fingerprint density at radius 2 is 1.15 bits per heavy atom. The lowest BCUT2D eigenvalue weighted by atomic mass is 9.78. The molecule has 2 aromatic heterocycles. The van der Waals surface area contributed by atoms with Crippen molar-refractivity contribution in [3.8, 4) is 69.0 Å². The van der Waals surface area contributed by atoms with E-state index >= 15 is 0 Å². The molecule has 9 unspecified atom stereocenters. The van der Waals surface area contributed by atoms with Crippen molar-refractivity contribution in [3.05, 3.63) is 159 Å². The summed E-state index contributed by atoms with van der Waals surface area (Å²) >= 11 is 3.90. The molecule has 13 atom stereocenters. The molecule has 0 radical (unpaired) electrons. The number of phenolic OH excluding ortho intramolecular Hbond substituents is 10. The number of nitrogens with one attached hydrogen (secondary N) is 2. The fraction of sp³-hybridized carbons (Fsp3) is 0.444. The topological polar surface area (TPSA) is 752 Å². The number of aliphatic hydroxyl groups is 16. The number of thiol groups is 1. The van der Waals surface area contributed by atoms with Crippen LogP contribution >= 0.6 is 12.6 Å². The summed E-state index contributed by atoms with van der Waals surface area (Å²) in [5, 5.41) is 244. The molecule has 700 valence electrons. The molecule has 11 rings (SSSR count). The molecule has 0 aliphatic carbocycles. The van der Waals surface area contributed by atoms with Crippen molar-refractivity contribution in [2.75, 3.05) is 72.8 Å². The predicted octanol–water partition coefficient (Wildman–Crippen LogP) is 1.19. The molecule has 0 bridgehead atoms. The molecular weight excluding hydrogens is 1700 g/mol. The van der Waals surface area contributed by atoms with E-state index in [0.29, 0.717) is 34.7 Å². The number of carbonyl (C=O) groups is 4. The van der Waals surface area contributed by atoms with Crippen LogP contribution in [-0.2, 0) is 65.0 Å². The Morgan fingerprint density at radius 1 is 0.619 bits per heavy atom. The molecule has 126 heavy (non-hydrogen) atoms. The summed E-state index contributed by atoms with van der Waals surface area (Å²) < 4.78 is 44.3. The van der Waals surface area contributed by atoms with Gasteiger partial charge in [-0.3, -0.25) is 14.7 Å². The second kappa shape index (κ2) is 50.9. The van der Waals surface area contributed by atoms with Gasteiger partial charge < -0.3 is 180 Å². The van der Waals surface area contributed by atoms with Gasteiger partial charge in [0.15, 0.2) is 81.1 Å². The van der Waals surface area contributed by atoms with Gasteiger partial charge in [-0.05, 0) is 107 Å². The standard InChI is InChI=1S/C17H26O3S.C14H26O10.C10H12O5.C10H12O3.C7H8O3.2C6H8O6.C6H6O3.C5H4N4O/c1-16(2,3)12-7-11(9-20-14(18)10-21)8-13(15(12)19)17(4,5)6;1-6-9(17)12(20)10(18)8(23-6)3-22-5-14(4-16)13(21)11(19)7(2-15)24-14;1-2-3-15-10(14)6-4-7(11)9(13)8(12)5-6;1-13-10-7-8(3-2-6-11)4-5-9(10)12;1-10-7-3-2-5(8)4-6(7)9;2*7-1-2(8)5-3(9)4(10)6(11)12-5;7-4-1-2-5(8)6(9)3-4;10-5-3-1-8-9-4(3)6-2-7-5/h7-8,19,21H,9-10H2,1-6H3;6-13,15-21H,2-5H2,1H3;4-5,11-13H,2-3H2,1H3;2-5,7,11-12H,6H2,1H3;2-4,8-9H,1H3;2*2,5,7-10H,1H2;1-3,7-9H;1-2H,(H2,6,7,8,9,10)/b;;;3-2+;;;;;/t;6?,7-,8?,9?,10?,11?,12?,13-,14+;;;;2?,5-;;;/m.1...1.../s1. The average Bonchev–Trinajstić information content (AvgIpc) is 1.35. The smallest absolute Gasteiger partial charge is 0.377 e. The van der Waals surface area contributed by atoms with Gasteiger partial charge in [-0.15, -0.1) is 0 Å². The van der Waals surface area contributed by atoms with E-state index in [1.54, 1.807) is 30.4 Å². The highest BCUT2D eigenvalue weighted by Gasteiger charge is 2.54. The Morgan fingerprint density at radius 3 is 1.59 bits per heavy atom. The monoisotopic (exact) mass is 1810 g/mol. The van der Waals surface area contributed by atoms with Crippen molar-refractivity contribution in [2.45, 2.75) is 158 Å². The normalized spacial score (nSPS) is 20.9. The van der Waals surface area contributed by atoms with Crippen LogP contribution in [0.4, 0.5) is 0 Å². The van der Waals surface area contributed by atoms with Crippen molar-refractivity contribution >= 4 is 53.6 Å². The molecule has 4 aliphatic heterocycles. The molecule has 4 aliphatic rings. The number of benzene rings is 5. The summed E-state index contributed by atoms with van der Waals surface area (Å²) in [5.41, 5.74) is 1.86. The number of aromatic nitrogens is 4. The summed E-state index contributed by atoms with van der Waals surface area (Å²) in [4.78, 5) is 60.8. The molecule has 28 N–H and O–H groups in total. The first-order valence-electron chi connectivity index (χ1n) is 37.6. The number of esters is 4. The molecule has 5 aromatic carbocycles. The Bertz CT molecular complexity index is 4690. The number of fused-ring (bicyclic) bond motifs is 1. The summed E-state index contributed by atoms with van der Waals surface area (Å²) in [6, 6.07) is 18.6. The molecule has 7 aromatic rings. The van der Waals surface area contributed by atoms with Gasteiger partial charge in [0.25, 0.3) is 5.56 Å². The number of H-pyrrole nitrogens is 2. The van der Waals surface area contributed by atoms with Gasteiger partial charge >= 0.3 is 23.9 Å². The Hall–Kier alpha value is -11.9. The van der Waals surface area contributed by atoms with Crippen molar-refractivity contribution in [1.29, 1.82) is 0 Å². The van der Waals surface area contributed by atoms with E-state index in [2.05, 4.69) is 83.8 Å². The van der Waals surface area contributed by atoms with E-state index in [9.17, 15) is 64.8 Å². The molecule has 6 heterocycles. The maximum atomic E-state index is 11.3. The Kier molecular flexibility index (Phi) is 43.7. The number of methoxy groups -OCH3 is 2. The van der Waals surface area contributed by atoms with Crippen LogP contribution < -0.4 is 15.0 Å². The van der Waals surface area contributed by atoms with Gasteiger partial charge in [-0.25, -0.2) is 19.4 Å². The zero-order valence-corrected chi connectivity index (χ0v) is 70.6. The molecule has 0 saturated carbocycles. The van der Waals surface area contributed by atoms with Gasteiger partial charge in [0, 0.05) is 12.1 Å². The number of aliphatic hydroxyl groups excluding tert-OH is 16. The first-order chi connectivity index (χ1) is 59.0. The SMILES string of the molecule is CC(C)(C)c1cc(COC(=O)CS)cc(C(C)(C)C)c1O.CC1OC(COC[C@]2(CO)O[C@H](CO)C(O)[C@H]2O)C(O)C(O)C1O.CCCOC(=O)c1cc(O)c(O)c(O)c1.COc1cc(/C=C/CO)ccc1O.COc1ccc(O)cc1O.O=C1OC(C(O)CO)C(O)=C1O.O=C1O[C@H](C(O)CO)C(O)=C1O.O=c1[nH]cnc2[nH]ncc12.Oc1ccc(O)c(O)c1. The molecule has 0 amide bonds. The fourth-order valence-corrected chi connectivity index (χ4v) is 10.8. The second-order valence-corrected chi connectivity index (χ2v) is 29.6. The number of carbonyl (C=O) groups excluding carboxylic acids is 4. The van der Waals surface area contributed by atoms with Gasteiger partial charge in [0.2, 0.25) is 11.5 Å². The first kappa shape index (κ1) is 108. The van der Waals surface area contributed by atoms with Crippen LogP contribution in [-0.4, -0.2) is 328 Å². The quantitative estimate of drug-likeness (QED) is 0.0168. The van der Waals surface area contributed by atoms with Gasteiger partial charge in [0.05, 0.1) is 97.0 Å². The second-order valence-electron chi connectivity index (χ2n) is 29.2. The van der Waals surface area contributed by atoms with Crippen LogP contribution in [0.5, 0.6) is 69.0 Å². The van der Waals surface area contributed by atoms with Crippen LogP contribution in [0.15, 0.2) is 125 Å². The van der Waals surface area contributed by atoms with E-state index in [4.69, 9.17) is 125 Å². The van der Waals surface area contributed by atoms with Gasteiger partial charge in [-0.2, -0.15) is 17.7 Å². The molecule has 2 fully saturated rings. The summed E-state index contributed by atoms with van der Waals surface area (Å²) in [7, 11) is 2.95. The molecule has 0 spiro atoms. The highest BCUT2D eigenvalue weighted by molar-refractivity contribution is 7.81. The number of aromatic amines is 2. The van der Waals surface area contributed by atoms with E-state index < -0.39 is 163 Å². The Labute approximate surface area is 724 Å². The van der Waals surface area contributed by atoms with Crippen molar-refractivity contribution in [2.24, 2.45) is 0 Å². The molecule has 44 nitrogen and oxygen atoms in total. The van der Waals surface area contributed by atoms with Crippen LogP contribution in [0.25, 0.3) is 17.1 Å². The number of hydrogen-bond acceptors (Lipinski definition) is 43. The summed E-state index contributed by atoms with van der Waals surface area (Å²) in [5.74, 6) is -7.65. The van der Waals surface area contributed by atoms with Crippen molar-refractivity contribution < 1.29 is 195 Å². The zero-order valence-electron chi connectivity index (χ0n) is 69.7. The van der Waals surface area contributed by atoms with Gasteiger partial charge in [0.1, 0.15) is 89.8 Å². The lowest BCUT2D eigenvalue weighted by molar-refractivity contribution is -0.234. The van der Waals surface area contributed by atoms with Crippen LogP contribution in [0.2, 0.25) is 0 Å². The van der Waals surface area contributed by atoms with E-state index in [1.807, 2.05) is 19.1 Å². The third kappa shape index (κ3) is 31.6. The summed E-state index contributed by atoms with van der Waals surface area (Å²) in [6.45, 7) is 13.1. The number of cyclic esters (lactones) is 2. The third-order valence-corrected chi connectivity index (χ3v) is 17.9. The van der Waals surface area contributed by atoms with E-state index in [-0.39, 0.29) is 101 Å². The lowest BCUT2D eigenvalue weighted by Crippen LogP contribution is -2.58. The highest BCUT2D eigenvalue weighted by Crippen LogP contribution is 2.41. The zero-order chi connectivity index (χ0) is 95.6. The number of rotatable bonds is 20. The number of phenols is 10. The fourth-order valence-electron chi connectivity index (χ4n) is 10.7. The maximum absolute atomic E-state index is 11.3. The number of nitrogens with zero attached hydrogens (tertiary/aromatic N) is 2. The van der Waals surface area contributed by atoms with Gasteiger partial charge in [-0.1, -0.05) is 66.7 Å². The minimum atomic E-state index is -1.61. The first-order valence-corrected chi connectivity index (χ1v) is 38.3. The van der Waals surface area contributed by atoms with Crippen LogP contribution in [0.3, 0.4) is 0 Å². The predicted molar refractivity (Wildman–Crippen MR) is 442 cm³/mol. The van der Waals surface area contributed by atoms with E-state index in [0.717, 1.165) is 40.5 Å². The van der Waals surface area contributed by atoms with Crippen molar-refractivity contribution in [3.63, 3.8) is 0 Å². The van der Waals surface area contributed by atoms with Crippen LogP contribution in [0.1, 0.15) is 94.4 Å². The Balaban J connectivity index is 0.000000372. The minimum absolute atomic E-state index is 0.00317. The minimum Gasteiger partial charge on any atom is -0.508 e. The van der Waals surface area contributed by atoms with Crippen LogP contribution in [0, 0.1) is 0 Å². The molecular formula is C81H110N4O40S. The lowest BCUT2D eigenvalue weighted by Gasteiger charge is -2.39. The largest absolute Gasteiger partial charge is 0.508 e.